The molecule has 2 fully saturated rings. The Bertz CT molecular complexity index is 987. The predicted octanol–water partition coefficient (Wildman–Crippen LogP) is 3.25. The van der Waals surface area contributed by atoms with Gasteiger partial charge in [-0.15, -0.1) is 0 Å². The third kappa shape index (κ3) is 4.46. The number of halogens is 1. The first-order valence-electron chi connectivity index (χ1n) is 12.1. The van der Waals surface area contributed by atoms with Crippen LogP contribution in [0.1, 0.15) is 67.4 Å². The van der Waals surface area contributed by atoms with Crippen LogP contribution in [-0.2, 0) is 4.79 Å². The van der Waals surface area contributed by atoms with Crippen molar-refractivity contribution in [3.63, 3.8) is 0 Å². The highest BCUT2D eigenvalue weighted by Gasteiger charge is 2.37. The lowest BCUT2D eigenvalue weighted by Crippen LogP contribution is -2.53. The first-order valence-corrected chi connectivity index (χ1v) is 12.5. The zero-order valence-electron chi connectivity index (χ0n) is 19.1. The fourth-order valence-corrected chi connectivity index (χ4v) is 5.80. The quantitative estimate of drug-likeness (QED) is 0.715. The summed E-state index contributed by atoms with van der Waals surface area (Å²) < 4.78 is 0. The van der Waals surface area contributed by atoms with Crippen LogP contribution in [0.3, 0.4) is 0 Å². The average Bonchev–Trinajstić information content (AvgIpc) is 3.15. The molecule has 2 saturated heterocycles. The summed E-state index contributed by atoms with van der Waals surface area (Å²) in [6.07, 6.45) is 5.04. The zero-order valence-corrected chi connectivity index (χ0v) is 19.8. The Balaban J connectivity index is 1.32. The third-order valence-corrected chi connectivity index (χ3v) is 7.67. The van der Waals surface area contributed by atoms with Gasteiger partial charge in [-0.25, -0.2) is 9.97 Å². The maximum Gasteiger partial charge on any atom is 0.231 e. The number of hydrogen-bond donors (Lipinski definition) is 2. The van der Waals surface area contributed by atoms with E-state index in [0.717, 1.165) is 61.5 Å². The standard InChI is InChI=1S/C25H32ClN5O2/c1-16-14-20(32)23-21(16)24(29-15-28-23)30-10-12-31(13-11-30)25(33)22(19-4-2-3-9-27-19)17-5-7-18(26)8-6-17/h5-8,15-16,19-20,22,27,32H,2-4,9-14H2,1H3/t16-,19?,20-,22+/m1/s1. The number of aliphatic hydroxyl groups is 1. The van der Waals surface area contributed by atoms with Crippen LogP contribution in [-0.4, -0.2) is 64.6 Å². The first-order chi connectivity index (χ1) is 16.0. The molecule has 0 saturated carbocycles. The summed E-state index contributed by atoms with van der Waals surface area (Å²) in [7, 11) is 0. The molecule has 176 valence electrons. The van der Waals surface area contributed by atoms with Gasteiger partial charge >= 0.3 is 0 Å². The number of fused-ring (bicyclic) bond motifs is 1. The van der Waals surface area contributed by atoms with E-state index in [0.29, 0.717) is 24.5 Å². The van der Waals surface area contributed by atoms with Crippen molar-refractivity contribution < 1.29 is 9.90 Å². The second-order valence-electron chi connectivity index (χ2n) is 9.55. The number of piperidine rings is 1. The van der Waals surface area contributed by atoms with Gasteiger partial charge in [0.25, 0.3) is 0 Å². The second kappa shape index (κ2) is 9.57. The number of anilines is 1. The number of rotatable bonds is 4. The number of hydrogen-bond acceptors (Lipinski definition) is 6. The Hall–Kier alpha value is -2.22. The van der Waals surface area contributed by atoms with Crippen LogP contribution < -0.4 is 10.2 Å². The molecular formula is C25H32ClN5O2. The number of piperazine rings is 1. The number of nitrogens with one attached hydrogen (secondary N) is 1. The molecule has 0 spiro atoms. The van der Waals surface area contributed by atoms with Gasteiger partial charge in [0, 0.05) is 42.8 Å². The summed E-state index contributed by atoms with van der Waals surface area (Å²) in [5.74, 6) is 1.14. The molecule has 0 radical (unpaired) electrons. The minimum atomic E-state index is -0.511. The normalized spacial score (nSPS) is 26.2. The van der Waals surface area contributed by atoms with E-state index >= 15 is 0 Å². The van der Waals surface area contributed by atoms with E-state index in [2.05, 4.69) is 27.1 Å². The van der Waals surface area contributed by atoms with Gasteiger partial charge in [0.2, 0.25) is 5.91 Å². The summed E-state index contributed by atoms with van der Waals surface area (Å²) in [6, 6.07) is 7.90. The topological polar surface area (TPSA) is 81.6 Å². The summed E-state index contributed by atoms with van der Waals surface area (Å²) in [6.45, 7) is 5.85. The van der Waals surface area contributed by atoms with Gasteiger partial charge in [0.15, 0.2) is 0 Å². The number of carbonyl (C=O) groups excluding carboxylic acids is 1. The largest absolute Gasteiger partial charge is 0.387 e. The van der Waals surface area contributed by atoms with Crippen LogP contribution in [0.4, 0.5) is 5.82 Å². The third-order valence-electron chi connectivity index (χ3n) is 7.42. The molecule has 1 aliphatic carbocycles. The van der Waals surface area contributed by atoms with E-state index < -0.39 is 6.10 Å². The number of aromatic nitrogens is 2. The summed E-state index contributed by atoms with van der Waals surface area (Å²) >= 11 is 6.12. The molecule has 1 unspecified atom stereocenters. The maximum absolute atomic E-state index is 13.8. The van der Waals surface area contributed by atoms with Gasteiger partial charge in [0.05, 0.1) is 17.7 Å². The Kier molecular flexibility index (Phi) is 6.54. The van der Waals surface area contributed by atoms with Gasteiger partial charge in [-0.05, 0) is 49.4 Å². The van der Waals surface area contributed by atoms with Crippen molar-refractivity contribution in [1.29, 1.82) is 0 Å². The Morgan fingerprint density at radius 3 is 2.61 bits per heavy atom. The van der Waals surface area contributed by atoms with E-state index in [4.69, 9.17) is 11.6 Å². The van der Waals surface area contributed by atoms with Gasteiger partial charge in [-0.3, -0.25) is 4.79 Å². The van der Waals surface area contributed by atoms with Gasteiger partial charge in [-0.1, -0.05) is 37.1 Å². The molecule has 3 aliphatic rings. The number of aliphatic hydroxyl groups excluding tert-OH is 1. The van der Waals surface area contributed by atoms with Crippen molar-refractivity contribution in [1.82, 2.24) is 20.2 Å². The Morgan fingerprint density at radius 1 is 1.15 bits per heavy atom. The highest BCUT2D eigenvalue weighted by atomic mass is 35.5. The lowest BCUT2D eigenvalue weighted by molar-refractivity contribution is -0.134. The molecule has 0 bridgehead atoms. The van der Waals surface area contributed by atoms with Gasteiger partial charge in [-0.2, -0.15) is 0 Å². The van der Waals surface area contributed by atoms with Gasteiger partial charge in [0.1, 0.15) is 12.1 Å². The zero-order chi connectivity index (χ0) is 22.9. The van der Waals surface area contributed by atoms with E-state index in [1.165, 1.54) is 0 Å². The summed E-state index contributed by atoms with van der Waals surface area (Å²) in [5, 5.41) is 14.6. The van der Waals surface area contributed by atoms with Gasteiger partial charge < -0.3 is 20.2 Å². The lowest BCUT2D eigenvalue weighted by Gasteiger charge is -2.40. The molecule has 1 aromatic carbocycles. The van der Waals surface area contributed by atoms with Crippen molar-refractivity contribution in [2.75, 3.05) is 37.6 Å². The van der Waals surface area contributed by atoms with Crippen LogP contribution in [0.15, 0.2) is 30.6 Å². The first kappa shape index (κ1) is 22.6. The molecule has 7 nitrogen and oxygen atoms in total. The van der Waals surface area contributed by atoms with Crippen molar-refractivity contribution in [2.24, 2.45) is 0 Å². The minimum Gasteiger partial charge on any atom is -0.387 e. The van der Waals surface area contributed by atoms with E-state index in [1.54, 1.807) is 6.33 Å². The van der Waals surface area contributed by atoms with Crippen LogP contribution in [0.2, 0.25) is 5.02 Å². The van der Waals surface area contributed by atoms with Crippen molar-refractivity contribution in [3.05, 3.63) is 52.4 Å². The fourth-order valence-electron chi connectivity index (χ4n) is 5.67. The predicted molar refractivity (Wildman–Crippen MR) is 129 cm³/mol. The van der Waals surface area contributed by atoms with E-state index in [-0.39, 0.29) is 23.8 Å². The molecule has 4 atom stereocenters. The van der Waals surface area contributed by atoms with E-state index in [9.17, 15) is 9.90 Å². The average molecular weight is 470 g/mol. The van der Waals surface area contributed by atoms with Crippen LogP contribution in [0, 0.1) is 0 Å². The molecule has 33 heavy (non-hydrogen) atoms. The summed E-state index contributed by atoms with van der Waals surface area (Å²) in [4.78, 5) is 26.9. The number of carbonyl (C=O) groups is 1. The molecule has 8 heteroatoms. The number of nitrogens with zero attached hydrogens (tertiary/aromatic N) is 4. The molecule has 1 aromatic heterocycles. The monoisotopic (exact) mass is 469 g/mol. The number of amides is 1. The highest BCUT2D eigenvalue weighted by molar-refractivity contribution is 6.30. The number of benzene rings is 1. The highest BCUT2D eigenvalue weighted by Crippen LogP contribution is 2.42. The molecule has 2 N–H and O–H groups in total. The Morgan fingerprint density at radius 2 is 1.91 bits per heavy atom. The molecule has 1 amide bonds. The van der Waals surface area contributed by atoms with Crippen molar-refractivity contribution in [2.45, 2.75) is 56.6 Å². The van der Waals surface area contributed by atoms with Crippen LogP contribution in [0.25, 0.3) is 0 Å². The molecular weight excluding hydrogens is 438 g/mol. The fraction of sp³-hybridized carbons (Fsp3) is 0.560. The SMILES string of the molecule is C[C@@H]1C[C@@H](O)c2ncnc(N3CCN(C(=O)[C@@H](c4ccc(Cl)cc4)C4CCCCN4)CC3)c21. The molecule has 3 heterocycles. The minimum absolute atomic E-state index is 0.151. The van der Waals surface area contributed by atoms with Crippen LogP contribution in [0.5, 0.6) is 0 Å². The molecule has 5 rings (SSSR count). The summed E-state index contributed by atoms with van der Waals surface area (Å²) in [5.41, 5.74) is 2.86. The van der Waals surface area contributed by atoms with Crippen LogP contribution >= 0.6 is 11.6 Å². The maximum atomic E-state index is 13.8. The Labute approximate surface area is 200 Å². The molecule has 2 aromatic rings. The van der Waals surface area contributed by atoms with Crippen molar-refractivity contribution in [3.8, 4) is 0 Å². The molecule has 2 aliphatic heterocycles. The second-order valence-corrected chi connectivity index (χ2v) is 9.98. The lowest BCUT2D eigenvalue weighted by atomic mass is 9.85. The van der Waals surface area contributed by atoms with E-state index in [1.807, 2.05) is 29.2 Å². The van der Waals surface area contributed by atoms with Crippen molar-refractivity contribution >= 4 is 23.3 Å². The smallest absolute Gasteiger partial charge is 0.231 e.